The van der Waals surface area contributed by atoms with Crippen LogP contribution in [-0.2, 0) is 9.84 Å². The molecule has 0 aromatic heterocycles. The van der Waals surface area contributed by atoms with Crippen LogP contribution in [0.4, 0.5) is 4.79 Å². The summed E-state index contributed by atoms with van der Waals surface area (Å²) in [6.07, 6.45) is 0. The highest BCUT2D eigenvalue weighted by molar-refractivity contribution is 7.92. The van der Waals surface area contributed by atoms with Crippen molar-refractivity contribution in [2.45, 2.75) is 11.8 Å². The van der Waals surface area contributed by atoms with Crippen LogP contribution in [-0.4, -0.2) is 32.5 Å². The summed E-state index contributed by atoms with van der Waals surface area (Å²) in [4.78, 5) is 11.1. The molecule has 25 heavy (non-hydrogen) atoms. The summed E-state index contributed by atoms with van der Waals surface area (Å²) < 4.78 is 30.5. The lowest BCUT2D eigenvalue weighted by atomic mass is 10.1. The van der Waals surface area contributed by atoms with Gasteiger partial charge >= 0.3 is 6.03 Å². The highest BCUT2D eigenvalue weighted by Crippen LogP contribution is 2.16. The van der Waals surface area contributed by atoms with Crippen molar-refractivity contribution in [1.29, 1.82) is 0 Å². The number of primary amides is 1. The molecule has 0 saturated heterocycles. The summed E-state index contributed by atoms with van der Waals surface area (Å²) in [6.45, 7) is 2.38. The number of carbonyl (C=O) groups is 1. The topological polar surface area (TPSA) is 111 Å². The molecule has 0 saturated carbocycles. The van der Waals surface area contributed by atoms with Crippen LogP contribution in [0.3, 0.4) is 0 Å². The Bertz CT molecular complexity index is 847. The summed E-state index contributed by atoms with van der Waals surface area (Å²) in [5.74, 6) is 0.269. The van der Waals surface area contributed by atoms with E-state index in [2.05, 4.69) is 10.5 Å². The number of carbonyl (C=O) groups excluding carboxylic acids is 1. The lowest BCUT2D eigenvalue weighted by Crippen LogP contribution is -2.28. The molecule has 0 unspecified atom stereocenters. The van der Waals surface area contributed by atoms with E-state index in [1.165, 1.54) is 12.1 Å². The number of sulfone groups is 1. The van der Waals surface area contributed by atoms with Crippen molar-refractivity contribution in [3.8, 4) is 5.75 Å². The summed E-state index contributed by atoms with van der Waals surface area (Å²) >= 11 is 0. The third kappa shape index (κ3) is 5.32. The molecule has 0 bridgehead atoms. The number of ether oxygens (including phenoxy) is 1. The summed E-state index contributed by atoms with van der Waals surface area (Å²) in [7, 11) is -3.63. The summed E-state index contributed by atoms with van der Waals surface area (Å²) in [5, 5.41) is 3.85. The number of hydrogen-bond donors (Lipinski definition) is 2. The molecule has 0 spiro atoms. The summed E-state index contributed by atoms with van der Waals surface area (Å²) in [5.41, 5.74) is 7.83. The smallest absolute Gasteiger partial charge is 0.332 e. The van der Waals surface area contributed by atoms with Crippen LogP contribution in [0, 0.1) is 0 Å². The monoisotopic (exact) mass is 361 g/mol. The number of urea groups is 1. The Morgan fingerprint density at radius 1 is 1.12 bits per heavy atom. The second-order valence-corrected chi connectivity index (χ2v) is 7.05. The van der Waals surface area contributed by atoms with Crippen molar-refractivity contribution in [3.63, 3.8) is 0 Å². The quantitative estimate of drug-likeness (QED) is 0.580. The minimum Gasteiger partial charge on any atom is -0.494 e. The van der Waals surface area contributed by atoms with Gasteiger partial charge in [0, 0.05) is 0 Å². The fraction of sp³-hybridized carbons (Fsp3) is 0.176. The van der Waals surface area contributed by atoms with E-state index < -0.39 is 15.9 Å². The van der Waals surface area contributed by atoms with Gasteiger partial charge in [-0.25, -0.2) is 18.6 Å². The highest BCUT2D eigenvalue weighted by atomic mass is 32.2. The molecular formula is C17H19N3O4S. The normalized spacial score (nSPS) is 11.8. The molecule has 3 N–H and O–H groups in total. The van der Waals surface area contributed by atoms with Crippen LogP contribution in [0.15, 0.2) is 64.6 Å². The number of hydrogen-bond acceptors (Lipinski definition) is 5. The molecule has 8 heteroatoms. The van der Waals surface area contributed by atoms with Gasteiger partial charge in [-0.05, 0) is 48.9 Å². The molecule has 2 rings (SSSR count). The van der Waals surface area contributed by atoms with Gasteiger partial charge in [0.15, 0.2) is 9.84 Å². The van der Waals surface area contributed by atoms with Crippen molar-refractivity contribution in [2.24, 2.45) is 10.8 Å². The Morgan fingerprint density at radius 3 is 2.32 bits per heavy atom. The van der Waals surface area contributed by atoms with Crippen LogP contribution >= 0.6 is 0 Å². The fourth-order valence-electron chi connectivity index (χ4n) is 2.10. The first-order valence-electron chi connectivity index (χ1n) is 7.55. The van der Waals surface area contributed by atoms with Crippen molar-refractivity contribution < 1.29 is 17.9 Å². The Morgan fingerprint density at radius 2 is 1.76 bits per heavy atom. The fourth-order valence-corrected chi connectivity index (χ4v) is 3.43. The highest BCUT2D eigenvalue weighted by Gasteiger charge is 2.19. The van der Waals surface area contributed by atoms with Crippen molar-refractivity contribution in [1.82, 2.24) is 5.43 Å². The average Bonchev–Trinajstić information content (AvgIpc) is 2.60. The van der Waals surface area contributed by atoms with Gasteiger partial charge in [-0.1, -0.05) is 18.2 Å². The van der Waals surface area contributed by atoms with Crippen LogP contribution in [0.2, 0.25) is 0 Å². The molecule has 2 amide bonds. The predicted octanol–water partition coefficient (Wildman–Crippen LogP) is 1.93. The molecule has 0 fully saturated rings. The van der Waals surface area contributed by atoms with E-state index in [0.29, 0.717) is 17.9 Å². The molecular weight excluding hydrogens is 342 g/mol. The molecule has 7 nitrogen and oxygen atoms in total. The Balaban J connectivity index is 2.33. The summed E-state index contributed by atoms with van der Waals surface area (Å²) in [6, 6.07) is 13.9. The molecule has 0 aliphatic carbocycles. The van der Waals surface area contributed by atoms with E-state index in [4.69, 9.17) is 10.5 Å². The van der Waals surface area contributed by atoms with Crippen LogP contribution in [0.5, 0.6) is 5.75 Å². The lowest BCUT2D eigenvalue weighted by molar-refractivity contribution is 0.249. The van der Waals surface area contributed by atoms with Gasteiger partial charge in [0.2, 0.25) is 0 Å². The van der Waals surface area contributed by atoms with E-state index in [1.54, 1.807) is 42.5 Å². The van der Waals surface area contributed by atoms with Gasteiger partial charge in [0.1, 0.15) is 5.75 Å². The van der Waals surface area contributed by atoms with E-state index >= 15 is 0 Å². The number of nitrogens with two attached hydrogens (primary N) is 1. The van der Waals surface area contributed by atoms with Crippen LogP contribution < -0.4 is 15.9 Å². The molecule has 2 aromatic carbocycles. The number of hydrazone groups is 1. The molecule has 0 atom stereocenters. The zero-order valence-electron chi connectivity index (χ0n) is 13.7. The zero-order chi connectivity index (χ0) is 18.3. The van der Waals surface area contributed by atoms with Gasteiger partial charge in [0.25, 0.3) is 0 Å². The van der Waals surface area contributed by atoms with Gasteiger partial charge in [-0.15, -0.1) is 0 Å². The maximum Gasteiger partial charge on any atom is 0.332 e. The SMILES string of the molecule is CCOc1ccc(/C(CS(=O)(=O)c2ccccc2)=N/NC(N)=O)cc1. The van der Waals surface area contributed by atoms with E-state index in [9.17, 15) is 13.2 Å². The molecule has 0 heterocycles. The molecule has 0 aliphatic heterocycles. The zero-order valence-corrected chi connectivity index (χ0v) is 14.5. The number of rotatable bonds is 7. The largest absolute Gasteiger partial charge is 0.494 e. The second kappa shape index (κ2) is 8.29. The van der Waals surface area contributed by atoms with E-state index in [-0.39, 0.29) is 16.4 Å². The molecule has 2 aromatic rings. The first-order chi connectivity index (χ1) is 11.9. The first kappa shape index (κ1) is 18.5. The van der Waals surface area contributed by atoms with Gasteiger partial charge in [0.05, 0.1) is 23.0 Å². The van der Waals surface area contributed by atoms with E-state index in [0.717, 1.165) is 0 Å². The van der Waals surface area contributed by atoms with Crippen LogP contribution in [0.1, 0.15) is 12.5 Å². The van der Waals surface area contributed by atoms with Crippen LogP contribution in [0.25, 0.3) is 0 Å². The third-order valence-electron chi connectivity index (χ3n) is 3.23. The van der Waals surface area contributed by atoms with Gasteiger partial charge < -0.3 is 10.5 Å². The third-order valence-corrected chi connectivity index (χ3v) is 4.87. The first-order valence-corrected chi connectivity index (χ1v) is 9.20. The number of nitrogens with one attached hydrogen (secondary N) is 1. The Hall–Kier alpha value is -2.87. The minimum absolute atomic E-state index is 0.172. The van der Waals surface area contributed by atoms with Gasteiger partial charge in [-0.2, -0.15) is 5.10 Å². The maximum atomic E-state index is 12.6. The van der Waals surface area contributed by atoms with Crippen molar-refractivity contribution >= 4 is 21.6 Å². The second-order valence-electron chi connectivity index (χ2n) is 5.06. The van der Waals surface area contributed by atoms with Crippen molar-refractivity contribution in [2.75, 3.05) is 12.4 Å². The molecule has 0 aliphatic rings. The average molecular weight is 361 g/mol. The number of amides is 2. The number of nitrogens with zero attached hydrogens (tertiary/aromatic N) is 1. The Kier molecular flexibility index (Phi) is 6.13. The predicted molar refractivity (Wildman–Crippen MR) is 95.4 cm³/mol. The Labute approximate surface area is 146 Å². The van der Waals surface area contributed by atoms with Gasteiger partial charge in [-0.3, -0.25) is 0 Å². The molecule has 132 valence electrons. The minimum atomic E-state index is -3.63. The maximum absolute atomic E-state index is 12.6. The molecule has 0 radical (unpaired) electrons. The standard InChI is InChI=1S/C17H19N3O4S/c1-2-24-14-10-8-13(9-11-14)16(19-20-17(18)21)12-25(22,23)15-6-4-3-5-7-15/h3-11H,2,12H2,1H3,(H3,18,20,21)/b19-16+. The lowest BCUT2D eigenvalue weighted by Gasteiger charge is -2.10. The van der Waals surface area contributed by atoms with E-state index in [1.807, 2.05) is 6.92 Å². The number of benzene rings is 2. The van der Waals surface area contributed by atoms with Crippen molar-refractivity contribution in [3.05, 3.63) is 60.2 Å².